The van der Waals surface area contributed by atoms with Crippen molar-refractivity contribution < 1.29 is 19.1 Å². The van der Waals surface area contributed by atoms with E-state index in [4.69, 9.17) is 0 Å². The number of likely N-dealkylation sites (tertiary alicyclic amines) is 1. The summed E-state index contributed by atoms with van der Waals surface area (Å²) in [7, 11) is 1.81. The standard InChI is InChI=1S/C32H34FN5O3/c1-3-8-21-10-4-5-15-38(21)31(39)24-13-7-12-23(29(24)33)20-9-6-11-22(17-20)37-16-14-25(32(40)41)30(37)27-18-26(27)28-19-36(2)35-34-28/h6-7,9,11-14,16-17,19,21,26-27H,3-5,8,10,15,18H2,1-2H3,(H,40,41). The van der Waals surface area contributed by atoms with Crippen molar-refractivity contribution in [3.05, 3.63) is 89.3 Å². The van der Waals surface area contributed by atoms with Crippen LogP contribution < -0.4 is 0 Å². The average Bonchev–Trinajstić information content (AvgIpc) is 3.42. The van der Waals surface area contributed by atoms with Crippen LogP contribution in [0.5, 0.6) is 0 Å². The Bertz CT molecular complexity index is 1610. The number of benzene rings is 2. The maximum Gasteiger partial charge on any atom is 0.337 e. The molecule has 3 unspecified atom stereocenters. The molecule has 4 aromatic rings. The van der Waals surface area contributed by atoms with Gasteiger partial charge in [-0.2, -0.15) is 0 Å². The summed E-state index contributed by atoms with van der Waals surface area (Å²) >= 11 is 0. The normalized spacial score (nSPS) is 20.3. The quantitative estimate of drug-likeness (QED) is 0.280. The van der Waals surface area contributed by atoms with Crippen molar-refractivity contribution in [2.24, 2.45) is 7.05 Å². The van der Waals surface area contributed by atoms with E-state index in [0.717, 1.165) is 49.9 Å². The zero-order chi connectivity index (χ0) is 28.7. The molecule has 8 nitrogen and oxygen atoms in total. The second-order valence-corrected chi connectivity index (χ2v) is 11.2. The summed E-state index contributed by atoms with van der Waals surface area (Å²) in [5.41, 5.74) is 3.57. The first-order valence-electron chi connectivity index (χ1n) is 14.4. The number of aromatic nitrogens is 4. The minimum Gasteiger partial charge on any atom is -0.478 e. The van der Waals surface area contributed by atoms with Crippen LogP contribution in [0.4, 0.5) is 4.39 Å². The van der Waals surface area contributed by atoms with E-state index in [0.29, 0.717) is 23.4 Å². The van der Waals surface area contributed by atoms with Gasteiger partial charge in [0.15, 0.2) is 0 Å². The average molecular weight is 556 g/mol. The van der Waals surface area contributed by atoms with Gasteiger partial charge in [0.2, 0.25) is 0 Å². The lowest BCUT2D eigenvalue weighted by atomic mass is 9.96. The van der Waals surface area contributed by atoms with Crippen molar-refractivity contribution in [2.75, 3.05) is 6.54 Å². The van der Waals surface area contributed by atoms with Crippen LogP contribution in [0.1, 0.15) is 89.4 Å². The molecule has 3 heterocycles. The molecule has 1 saturated heterocycles. The fourth-order valence-corrected chi connectivity index (χ4v) is 6.39. The van der Waals surface area contributed by atoms with Crippen LogP contribution in [0.25, 0.3) is 16.8 Å². The summed E-state index contributed by atoms with van der Waals surface area (Å²) in [6.45, 7) is 2.77. The smallest absolute Gasteiger partial charge is 0.337 e. The van der Waals surface area contributed by atoms with Crippen LogP contribution in [0.3, 0.4) is 0 Å². The number of nitrogens with zero attached hydrogens (tertiary/aromatic N) is 5. The highest BCUT2D eigenvalue weighted by molar-refractivity contribution is 5.96. The first-order chi connectivity index (χ1) is 19.9. The number of hydrogen-bond acceptors (Lipinski definition) is 4. The molecule has 1 N–H and O–H groups in total. The maximum absolute atomic E-state index is 16.0. The summed E-state index contributed by atoms with van der Waals surface area (Å²) in [4.78, 5) is 27.5. The Hall–Kier alpha value is -4.27. The summed E-state index contributed by atoms with van der Waals surface area (Å²) in [5, 5.41) is 18.2. The van der Waals surface area contributed by atoms with Crippen LogP contribution in [0, 0.1) is 5.82 Å². The van der Waals surface area contributed by atoms with Crippen molar-refractivity contribution in [2.45, 2.75) is 63.3 Å². The molecule has 2 fully saturated rings. The van der Waals surface area contributed by atoms with Gasteiger partial charge in [-0.05, 0) is 61.9 Å². The number of carboxylic acid groups (broad SMARTS) is 1. The number of carbonyl (C=O) groups excluding carboxylic acids is 1. The molecule has 6 rings (SSSR count). The molecule has 2 aromatic heterocycles. The third-order valence-electron chi connectivity index (χ3n) is 8.47. The molecule has 1 aliphatic carbocycles. The van der Waals surface area contributed by atoms with Crippen molar-refractivity contribution in [1.29, 1.82) is 0 Å². The van der Waals surface area contributed by atoms with Gasteiger partial charge >= 0.3 is 5.97 Å². The summed E-state index contributed by atoms with van der Waals surface area (Å²) in [6, 6.07) is 14.1. The molecule has 41 heavy (non-hydrogen) atoms. The Morgan fingerprint density at radius 3 is 2.66 bits per heavy atom. The highest BCUT2D eigenvalue weighted by Crippen LogP contribution is 2.55. The van der Waals surface area contributed by atoms with Gasteiger partial charge in [-0.3, -0.25) is 9.48 Å². The van der Waals surface area contributed by atoms with E-state index < -0.39 is 11.8 Å². The molecular weight excluding hydrogens is 521 g/mol. The molecule has 0 bridgehead atoms. The highest BCUT2D eigenvalue weighted by Gasteiger charge is 2.45. The van der Waals surface area contributed by atoms with E-state index >= 15 is 4.39 Å². The van der Waals surface area contributed by atoms with E-state index in [1.807, 2.05) is 47.0 Å². The molecule has 9 heteroatoms. The SMILES string of the molecule is CCCC1CCCCN1C(=O)c1cccc(-c2cccc(-n3ccc(C(=O)O)c3C3CC3c3cn(C)nn3)c2)c1F. The van der Waals surface area contributed by atoms with E-state index in [1.54, 1.807) is 35.1 Å². The molecule has 2 aromatic carbocycles. The Morgan fingerprint density at radius 1 is 1.07 bits per heavy atom. The van der Waals surface area contributed by atoms with Gasteiger partial charge in [0.25, 0.3) is 5.91 Å². The van der Waals surface area contributed by atoms with Crippen molar-refractivity contribution in [3.63, 3.8) is 0 Å². The van der Waals surface area contributed by atoms with E-state index in [-0.39, 0.29) is 34.9 Å². The molecule has 0 spiro atoms. The largest absolute Gasteiger partial charge is 0.478 e. The number of carboxylic acids is 1. The number of aromatic carboxylic acids is 1. The van der Waals surface area contributed by atoms with Crippen LogP contribution in [-0.4, -0.2) is 54.0 Å². The minimum atomic E-state index is -0.990. The van der Waals surface area contributed by atoms with Gasteiger partial charge in [0, 0.05) is 60.8 Å². The van der Waals surface area contributed by atoms with Crippen LogP contribution in [0.15, 0.2) is 60.9 Å². The lowest BCUT2D eigenvalue weighted by molar-refractivity contribution is 0.0595. The first kappa shape index (κ1) is 26.9. The molecule has 1 amide bonds. The van der Waals surface area contributed by atoms with Crippen LogP contribution in [-0.2, 0) is 7.05 Å². The fourth-order valence-electron chi connectivity index (χ4n) is 6.39. The molecule has 1 saturated carbocycles. The van der Waals surface area contributed by atoms with Crippen molar-refractivity contribution in [3.8, 4) is 16.8 Å². The predicted octanol–water partition coefficient (Wildman–Crippen LogP) is 6.18. The molecule has 3 atom stereocenters. The monoisotopic (exact) mass is 555 g/mol. The number of aryl methyl sites for hydroxylation is 1. The molecular formula is C32H34FN5O3. The van der Waals surface area contributed by atoms with E-state index in [1.165, 1.54) is 0 Å². The zero-order valence-electron chi connectivity index (χ0n) is 23.3. The highest BCUT2D eigenvalue weighted by atomic mass is 19.1. The third-order valence-corrected chi connectivity index (χ3v) is 8.47. The Labute approximate surface area is 238 Å². The van der Waals surface area contributed by atoms with Crippen LogP contribution >= 0.6 is 0 Å². The van der Waals surface area contributed by atoms with Gasteiger partial charge in [0.05, 0.1) is 16.8 Å². The second-order valence-electron chi connectivity index (χ2n) is 11.2. The lowest BCUT2D eigenvalue weighted by Crippen LogP contribution is -2.44. The number of carbonyl (C=O) groups is 2. The summed E-state index contributed by atoms with van der Waals surface area (Å²) < 4.78 is 19.6. The van der Waals surface area contributed by atoms with Crippen molar-refractivity contribution in [1.82, 2.24) is 24.5 Å². The van der Waals surface area contributed by atoms with Crippen LogP contribution in [0.2, 0.25) is 0 Å². The Kier molecular flexibility index (Phi) is 7.19. The first-order valence-corrected chi connectivity index (χ1v) is 14.4. The minimum absolute atomic E-state index is 0.0187. The Morgan fingerprint density at radius 2 is 1.90 bits per heavy atom. The van der Waals surface area contributed by atoms with E-state index in [2.05, 4.69) is 17.2 Å². The summed E-state index contributed by atoms with van der Waals surface area (Å²) in [6.07, 6.45) is 9.28. The number of hydrogen-bond donors (Lipinski definition) is 1. The van der Waals surface area contributed by atoms with Gasteiger partial charge in [-0.1, -0.05) is 42.8 Å². The number of amides is 1. The predicted molar refractivity (Wildman–Crippen MR) is 153 cm³/mol. The number of piperidine rings is 1. The fraction of sp³-hybridized carbons (Fsp3) is 0.375. The lowest BCUT2D eigenvalue weighted by Gasteiger charge is -2.36. The second kappa shape index (κ2) is 11.0. The van der Waals surface area contributed by atoms with Crippen molar-refractivity contribution >= 4 is 11.9 Å². The van der Waals surface area contributed by atoms with Gasteiger partial charge in [-0.25, -0.2) is 9.18 Å². The van der Waals surface area contributed by atoms with E-state index in [9.17, 15) is 14.7 Å². The molecule has 2 aliphatic rings. The summed E-state index contributed by atoms with van der Waals surface area (Å²) in [5.74, 6) is -1.70. The molecule has 0 radical (unpaired) electrons. The zero-order valence-corrected chi connectivity index (χ0v) is 23.3. The van der Waals surface area contributed by atoms with Gasteiger partial charge < -0.3 is 14.6 Å². The molecule has 212 valence electrons. The third kappa shape index (κ3) is 5.05. The van der Waals surface area contributed by atoms with Gasteiger partial charge in [-0.15, -0.1) is 5.10 Å². The topological polar surface area (TPSA) is 93.2 Å². The maximum atomic E-state index is 16.0. The number of halogens is 1. The number of rotatable bonds is 8. The molecule has 1 aliphatic heterocycles. The Balaban J connectivity index is 1.34. The van der Waals surface area contributed by atoms with Gasteiger partial charge in [0.1, 0.15) is 5.82 Å².